The summed E-state index contributed by atoms with van der Waals surface area (Å²) in [6, 6.07) is 4.25. The molecule has 0 atom stereocenters. The highest BCUT2D eigenvalue weighted by atomic mass is 35.5. The standard InChI is InChI=1S/C10H6ClFN2OS/c11-6-3-5(1-2-7(6)12)8-4-16-10(14-8)9(13)15/h1-4H,(H2,13,15). The van der Waals surface area contributed by atoms with Gasteiger partial charge in [-0.25, -0.2) is 9.37 Å². The van der Waals surface area contributed by atoms with Crippen LogP contribution >= 0.6 is 22.9 Å². The summed E-state index contributed by atoms with van der Waals surface area (Å²) in [4.78, 5) is 14.9. The number of thiazole rings is 1. The van der Waals surface area contributed by atoms with Gasteiger partial charge in [0, 0.05) is 10.9 Å². The largest absolute Gasteiger partial charge is 0.364 e. The van der Waals surface area contributed by atoms with Crippen molar-refractivity contribution in [2.45, 2.75) is 0 Å². The lowest BCUT2D eigenvalue weighted by Gasteiger charge is -1.98. The van der Waals surface area contributed by atoms with E-state index >= 15 is 0 Å². The van der Waals surface area contributed by atoms with Crippen molar-refractivity contribution in [3.63, 3.8) is 0 Å². The van der Waals surface area contributed by atoms with Gasteiger partial charge in [-0.1, -0.05) is 11.6 Å². The first-order valence-electron chi connectivity index (χ1n) is 4.28. The topological polar surface area (TPSA) is 56.0 Å². The minimum atomic E-state index is -0.579. The van der Waals surface area contributed by atoms with Gasteiger partial charge in [0.2, 0.25) is 0 Å². The highest BCUT2D eigenvalue weighted by molar-refractivity contribution is 7.12. The third-order valence-corrected chi connectivity index (χ3v) is 3.08. The van der Waals surface area contributed by atoms with Gasteiger partial charge >= 0.3 is 0 Å². The first-order valence-corrected chi connectivity index (χ1v) is 5.54. The van der Waals surface area contributed by atoms with Crippen molar-refractivity contribution in [3.05, 3.63) is 39.4 Å². The zero-order chi connectivity index (χ0) is 11.7. The molecule has 0 aliphatic rings. The number of primary amides is 1. The van der Waals surface area contributed by atoms with Crippen LogP contribution in [0.15, 0.2) is 23.6 Å². The van der Waals surface area contributed by atoms with Crippen molar-refractivity contribution in [3.8, 4) is 11.3 Å². The van der Waals surface area contributed by atoms with Crippen LogP contribution in [-0.2, 0) is 0 Å². The molecule has 0 aliphatic heterocycles. The smallest absolute Gasteiger partial charge is 0.277 e. The van der Waals surface area contributed by atoms with E-state index in [4.69, 9.17) is 17.3 Å². The lowest BCUT2D eigenvalue weighted by molar-refractivity contribution is 0.1000. The molecule has 2 rings (SSSR count). The van der Waals surface area contributed by atoms with Gasteiger partial charge in [-0.2, -0.15) is 0 Å². The molecule has 3 nitrogen and oxygen atoms in total. The normalized spacial score (nSPS) is 10.4. The van der Waals surface area contributed by atoms with Crippen molar-refractivity contribution in [1.82, 2.24) is 4.98 Å². The van der Waals surface area contributed by atoms with E-state index in [1.54, 1.807) is 11.4 Å². The predicted octanol–water partition coefficient (Wildman–Crippen LogP) is 2.70. The summed E-state index contributed by atoms with van der Waals surface area (Å²) in [5.74, 6) is -1.07. The molecule has 6 heteroatoms. The summed E-state index contributed by atoms with van der Waals surface area (Å²) >= 11 is 6.78. The molecule has 0 saturated heterocycles. The molecule has 2 N–H and O–H groups in total. The number of aromatic nitrogens is 1. The van der Waals surface area contributed by atoms with Crippen molar-refractivity contribution < 1.29 is 9.18 Å². The number of halogens is 2. The molecule has 16 heavy (non-hydrogen) atoms. The van der Waals surface area contributed by atoms with Crippen molar-refractivity contribution >= 4 is 28.8 Å². The Balaban J connectivity index is 2.42. The van der Waals surface area contributed by atoms with Crippen LogP contribution in [0.3, 0.4) is 0 Å². The van der Waals surface area contributed by atoms with Crippen LogP contribution in [-0.4, -0.2) is 10.9 Å². The van der Waals surface area contributed by atoms with Gasteiger partial charge in [-0.15, -0.1) is 11.3 Å². The Morgan fingerprint density at radius 1 is 1.50 bits per heavy atom. The Bertz CT molecular complexity index is 556. The number of carbonyl (C=O) groups excluding carboxylic acids is 1. The van der Waals surface area contributed by atoms with Crippen molar-refractivity contribution in [2.75, 3.05) is 0 Å². The molecule has 82 valence electrons. The van der Waals surface area contributed by atoms with Crippen LogP contribution in [0.2, 0.25) is 5.02 Å². The molecule has 1 amide bonds. The summed E-state index contributed by atoms with van der Waals surface area (Å²) in [6.45, 7) is 0. The van der Waals surface area contributed by atoms with Gasteiger partial charge in [0.15, 0.2) is 5.01 Å². The molecule has 1 heterocycles. The van der Waals surface area contributed by atoms with Gasteiger partial charge < -0.3 is 5.73 Å². The Morgan fingerprint density at radius 3 is 2.81 bits per heavy atom. The third-order valence-electron chi connectivity index (χ3n) is 1.93. The monoisotopic (exact) mass is 256 g/mol. The molecule has 0 spiro atoms. The number of hydrogen-bond donors (Lipinski definition) is 1. The fraction of sp³-hybridized carbons (Fsp3) is 0. The minimum Gasteiger partial charge on any atom is -0.364 e. The summed E-state index contributed by atoms with van der Waals surface area (Å²) in [6.07, 6.45) is 0. The summed E-state index contributed by atoms with van der Waals surface area (Å²) in [7, 11) is 0. The van der Waals surface area contributed by atoms with E-state index < -0.39 is 11.7 Å². The Hall–Kier alpha value is -1.46. The fourth-order valence-electron chi connectivity index (χ4n) is 1.17. The highest BCUT2D eigenvalue weighted by Crippen LogP contribution is 2.25. The third kappa shape index (κ3) is 2.05. The number of rotatable bonds is 2. The van der Waals surface area contributed by atoms with E-state index in [-0.39, 0.29) is 10.0 Å². The van der Waals surface area contributed by atoms with Crippen LogP contribution < -0.4 is 5.73 Å². The minimum absolute atomic E-state index is 0.0196. The Kier molecular flexibility index (Phi) is 2.89. The van der Waals surface area contributed by atoms with Gasteiger partial charge in [0.05, 0.1) is 10.7 Å². The van der Waals surface area contributed by atoms with E-state index in [0.29, 0.717) is 11.3 Å². The Morgan fingerprint density at radius 2 is 2.25 bits per heavy atom. The number of carbonyl (C=O) groups is 1. The SMILES string of the molecule is NC(=O)c1nc(-c2ccc(F)c(Cl)c2)cs1. The van der Waals surface area contributed by atoms with Crippen LogP contribution in [0.5, 0.6) is 0 Å². The molecule has 2 aromatic rings. The quantitative estimate of drug-likeness (QED) is 0.898. The molecule has 0 saturated carbocycles. The first-order chi connectivity index (χ1) is 7.58. The van der Waals surface area contributed by atoms with E-state index in [1.165, 1.54) is 12.1 Å². The van der Waals surface area contributed by atoms with Gasteiger partial charge in [-0.05, 0) is 18.2 Å². The van der Waals surface area contributed by atoms with Crippen LogP contribution in [0.1, 0.15) is 9.80 Å². The number of benzene rings is 1. The molecular weight excluding hydrogens is 251 g/mol. The molecule has 0 aliphatic carbocycles. The summed E-state index contributed by atoms with van der Waals surface area (Å²) < 4.78 is 12.9. The van der Waals surface area contributed by atoms with E-state index in [9.17, 15) is 9.18 Å². The number of hydrogen-bond acceptors (Lipinski definition) is 3. The van der Waals surface area contributed by atoms with E-state index in [2.05, 4.69) is 4.98 Å². The summed E-state index contributed by atoms with van der Waals surface area (Å²) in [5, 5.41) is 1.91. The number of nitrogens with zero attached hydrogens (tertiary/aromatic N) is 1. The second-order valence-electron chi connectivity index (χ2n) is 3.03. The second-order valence-corrected chi connectivity index (χ2v) is 4.30. The van der Waals surface area contributed by atoms with E-state index in [0.717, 1.165) is 11.3 Å². The number of nitrogens with two attached hydrogens (primary N) is 1. The maximum atomic E-state index is 12.9. The second kappa shape index (κ2) is 4.19. The molecular formula is C10H6ClFN2OS. The molecule has 1 aromatic carbocycles. The van der Waals surface area contributed by atoms with Crippen molar-refractivity contribution in [2.24, 2.45) is 5.73 Å². The molecule has 0 radical (unpaired) electrons. The number of amides is 1. The molecule has 0 unspecified atom stereocenters. The molecule has 0 bridgehead atoms. The lowest BCUT2D eigenvalue weighted by Crippen LogP contribution is -2.10. The average Bonchev–Trinajstić information content (AvgIpc) is 2.71. The lowest BCUT2D eigenvalue weighted by atomic mass is 10.2. The maximum Gasteiger partial charge on any atom is 0.277 e. The van der Waals surface area contributed by atoms with Gasteiger partial charge in [0.1, 0.15) is 5.82 Å². The molecule has 0 fully saturated rings. The average molecular weight is 257 g/mol. The van der Waals surface area contributed by atoms with Crippen molar-refractivity contribution in [1.29, 1.82) is 0 Å². The highest BCUT2D eigenvalue weighted by Gasteiger charge is 2.10. The first kappa shape index (κ1) is 11.0. The summed E-state index contributed by atoms with van der Waals surface area (Å²) in [5.41, 5.74) is 6.29. The maximum absolute atomic E-state index is 12.9. The molecule has 1 aromatic heterocycles. The van der Waals surface area contributed by atoms with Gasteiger partial charge in [-0.3, -0.25) is 4.79 Å². The van der Waals surface area contributed by atoms with Crippen LogP contribution in [0, 0.1) is 5.82 Å². The van der Waals surface area contributed by atoms with Crippen LogP contribution in [0.4, 0.5) is 4.39 Å². The fourth-order valence-corrected chi connectivity index (χ4v) is 2.03. The zero-order valence-electron chi connectivity index (χ0n) is 7.91. The zero-order valence-corrected chi connectivity index (χ0v) is 9.48. The Labute approximate surface area is 99.7 Å². The van der Waals surface area contributed by atoms with Gasteiger partial charge in [0.25, 0.3) is 5.91 Å². The van der Waals surface area contributed by atoms with E-state index in [1.807, 2.05) is 0 Å². The van der Waals surface area contributed by atoms with Crippen LogP contribution in [0.25, 0.3) is 11.3 Å². The predicted molar refractivity (Wildman–Crippen MR) is 61.0 cm³/mol.